The van der Waals surface area contributed by atoms with Crippen molar-refractivity contribution < 1.29 is 18.3 Å². The Morgan fingerprint density at radius 2 is 1.75 bits per heavy atom. The monoisotopic (exact) mass is 412 g/mol. The van der Waals surface area contributed by atoms with Crippen LogP contribution in [-0.2, 0) is 24.9 Å². The Morgan fingerprint density at radius 1 is 1.11 bits per heavy atom. The number of fused-ring (bicyclic) bond motifs is 1. The highest BCUT2D eigenvalue weighted by Crippen LogP contribution is 2.50. The van der Waals surface area contributed by atoms with Gasteiger partial charge in [0.05, 0.1) is 18.8 Å². The van der Waals surface area contributed by atoms with Crippen LogP contribution in [0.2, 0.25) is 0 Å². The molecule has 1 saturated carbocycles. The number of hydrogen-bond donors (Lipinski definition) is 2. The molecule has 2 aromatic rings. The van der Waals surface area contributed by atoms with Crippen LogP contribution in [0.5, 0.6) is 0 Å². The van der Waals surface area contributed by atoms with E-state index >= 15 is 0 Å². The first kappa shape index (κ1) is 21.0. The zero-order chi connectivity index (χ0) is 20.5. The van der Waals surface area contributed by atoms with Crippen molar-refractivity contribution in [2.45, 2.75) is 65.2 Å². The van der Waals surface area contributed by atoms with Gasteiger partial charge >= 0.3 is 7.60 Å². The van der Waals surface area contributed by atoms with Crippen molar-refractivity contribution in [3.8, 4) is 0 Å². The zero-order valence-corrected chi connectivity index (χ0v) is 17.7. The molecule has 3 rings (SSSR count). The van der Waals surface area contributed by atoms with Crippen LogP contribution in [0.4, 0.5) is 11.8 Å². The first-order chi connectivity index (χ1) is 13.2. The van der Waals surface area contributed by atoms with E-state index < -0.39 is 7.60 Å². The van der Waals surface area contributed by atoms with Crippen LogP contribution < -0.4 is 11.5 Å². The zero-order valence-electron chi connectivity index (χ0n) is 16.8. The fourth-order valence-corrected chi connectivity index (χ4v) is 4.80. The normalized spacial score (nSPS) is 15.2. The van der Waals surface area contributed by atoms with Crippen molar-refractivity contribution in [1.82, 2.24) is 19.5 Å². The molecule has 0 saturated heterocycles. The Labute approximate surface area is 164 Å². The van der Waals surface area contributed by atoms with Crippen LogP contribution in [0.1, 0.15) is 52.3 Å². The van der Waals surface area contributed by atoms with Gasteiger partial charge in [0, 0.05) is 12.5 Å². The van der Waals surface area contributed by atoms with Gasteiger partial charge in [0.25, 0.3) is 0 Å². The van der Waals surface area contributed by atoms with E-state index in [4.69, 9.17) is 25.3 Å². The van der Waals surface area contributed by atoms with Crippen LogP contribution in [0, 0.1) is 0 Å². The molecule has 4 N–H and O–H groups in total. The molecule has 0 radical (unpaired) electrons. The number of hydrogen-bond acceptors (Lipinski definition) is 9. The second kappa shape index (κ2) is 8.32. The lowest BCUT2D eigenvalue weighted by Crippen LogP contribution is -2.14. The van der Waals surface area contributed by atoms with E-state index in [1.807, 2.05) is 32.3 Å². The summed E-state index contributed by atoms with van der Waals surface area (Å²) in [5, 5.41) is 0. The van der Waals surface area contributed by atoms with Gasteiger partial charge in [-0.25, -0.2) is 4.98 Å². The summed E-state index contributed by atoms with van der Waals surface area (Å²) in [6.45, 7) is 8.01. The standard InChI is InChI=1S/C17H29N6O4P/c1-10(2)26-28(24,27-11(3)4)9-25-8-7-23-15(12-5-6-12)20-13-14(18)21-17(19)22-16(13)23/h10-12H,5-9H2,1-4H3,(H4,18,19,21,22). The molecule has 0 aromatic carbocycles. The molecule has 0 aliphatic heterocycles. The fraction of sp³-hybridized carbons (Fsp3) is 0.706. The molecule has 0 atom stereocenters. The maximum Gasteiger partial charge on any atom is 0.356 e. The molecule has 1 fully saturated rings. The van der Waals surface area contributed by atoms with Gasteiger partial charge in [0.1, 0.15) is 12.2 Å². The third-order valence-corrected chi connectivity index (χ3v) is 6.05. The van der Waals surface area contributed by atoms with Gasteiger partial charge in [-0.05, 0) is 40.5 Å². The Bertz CT molecular complexity index is 866. The molecule has 1 aliphatic rings. The molecule has 0 unspecified atom stereocenters. The molecule has 0 bridgehead atoms. The van der Waals surface area contributed by atoms with Gasteiger partial charge < -0.3 is 29.8 Å². The molecule has 28 heavy (non-hydrogen) atoms. The molecular formula is C17H29N6O4P. The molecular weight excluding hydrogens is 383 g/mol. The van der Waals surface area contributed by atoms with E-state index in [0.29, 0.717) is 30.2 Å². The third-order valence-electron chi connectivity index (χ3n) is 4.06. The minimum Gasteiger partial charge on any atom is -0.382 e. The average Bonchev–Trinajstić information content (AvgIpc) is 3.32. The van der Waals surface area contributed by atoms with Crippen molar-refractivity contribution in [3.63, 3.8) is 0 Å². The molecule has 2 aromatic heterocycles. The van der Waals surface area contributed by atoms with Crippen molar-refractivity contribution in [1.29, 1.82) is 0 Å². The topological polar surface area (TPSA) is 140 Å². The molecule has 0 amide bonds. The summed E-state index contributed by atoms with van der Waals surface area (Å²) in [4.78, 5) is 12.9. The summed E-state index contributed by atoms with van der Waals surface area (Å²) in [6.07, 6.45) is 1.58. The van der Waals surface area contributed by atoms with Crippen LogP contribution in [-0.4, -0.2) is 44.7 Å². The average molecular weight is 412 g/mol. The van der Waals surface area contributed by atoms with Crippen LogP contribution in [0.15, 0.2) is 0 Å². The fourth-order valence-electron chi connectivity index (χ4n) is 2.99. The summed E-state index contributed by atoms with van der Waals surface area (Å²) in [5.41, 5.74) is 12.9. The first-order valence-electron chi connectivity index (χ1n) is 9.51. The maximum absolute atomic E-state index is 12.8. The van der Waals surface area contributed by atoms with Gasteiger partial charge in [-0.2, -0.15) is 9.97 Å². The second-order valence-corrected chi connectivity index (χ2v) is 9.39. The Morgan fingerprint density at radius 3 is 2.32 bits per heavy atom. The SMILES string of the molecule is CC(C)OP(=O)(COCCn1c(C2CC2)nc2c(N)nc(N)nc21)OC(C)C. The summed E-state index contributed by atoms with van der Waals surface area (Å²) in [5.74, 6) is 1.67. The lowest BCUT2D eigenvalue weighted by Gasteiger charge is -2.22. The summed E-state index contributed by atoms with van der Waals surface area (Å²) < 4.78 is 31.5. The van der Waals surface area contributed by atoms with Crippen molar-refractivity contribution in [3.05, 3.63) is 5.82 Å². The number of nitrogens with zero attached hydrogens (tertiary/aromatic N) is 4. The predicted molar refractivity (Wildman–Crippen MR) is 107 cm³/mol. The number of nitrogen functional groups attached to an aromatic ring is 2. The lowest BCUT2D eigenvalue weighted by atomic mass is 10.4. The number of aromatic nitrogens is 4. The van der Waals surface area contributed by atoms with E-state index in [1.54, 1.807) is 0 Å². The van der Waals surface area contributed by atoms with Gasteiger partial charge in [-0.15, -0.1) is 0 Å². The maximum atomic E-state index is 12.8. The Kier molecular flexibility index (Phi) is 6.24. The largest absolute Gasteiger partial charge is 0.382 e. The number of ether oxygens (including phenoxy) is 1. The highest BCUT2D eigenvalue weighted by molar-refractivity contribution is 7.53. The Balaban J connectivity index is 1.71. The Hall–Kier alpha value is -1.74. The quantitative estimate of drug-likeness (QED) is 0.445. The van der Waals surface area contributed by atoms with E-state index in [0.717, 1.165) is 18.7 Å². The van der Waals surface area contributed by atoms with Gasteiger partial charge in [0.15, 0.2) is 17.0 Å². The number of anilines is 2. The molecule has 156 valence electrons. The van der Waals surface area contributed by atoms with Gasteiger partial charge in [-0.3, -0.25) is 4.57 Å². The second-order valence-electron chi connectivity index (χ2n) is 7.49. The minimum atomic E-state index is -3.33. The number of imidazole rings is 1. The highest BCUT2D eigenvalue weighted by Gasteiger charge is 2.31. The smallest absolute Gasteiger partial charge is 0.356 e. The number of rotatable bonds is 10. The minimum absolute atomic E-state index is 0.106. The van der Waals surface area contributed by atoms with Gasteiger partial charge in [0.2, 0.25) is 5.95 Å². The predicted octanol–water partition coefficient (Wildman–Crippen LogP) is 2.89. The third kappa shape index (κ3) is 5.00. The van der Waals surface area contributed by atoms with Crippen molar-refractivity contribution in [2.24, 2.45) is 0 Å². The van der Waals surface area contributed by atoms with Crippen LogP contribution in [0.3, 0.4) is 0 Å². The van der Waals surface area contributed by atoms with Crippen molar-refractivity contribution in [2.75, 3.05) is 24.4 Å². The summed E-state index contributed by atoms with van der Waals surface area (Å²) in [7, 11) is -3.33. The molecule has 0 spiro atoms. The molecule has 2 heterocycles. The van der Waals surface area contributed by atoms with Crippen LogP contribution >= 0.6 is 7.60 Å². The van der Waals surface area contributed by atoms with Gasteiger partial charge in [-0.1, -0.05) is 0 Å². The summed E-state index contributed by atoms with van der Waals surface area (Å²) >= 11 is 0. The molecule has 1 aliphatic carbocycles. The number of nitrogens with two attached hydrogens (primary N) is 2. The van der Waals surface area contributed by atoms with E-state index in [9.17, 15) is 4.57 Å². The highest BCUT2D eigenvalue weighted by atomic mass is 31.2. The molecule has 10 nitrogen and oxygen atoms in total. The van der Waals surface area contributed by atoms with Crippen molar-refractivity contribution >= 4 is 30.5 Å². The lowest BCUT2D eigenvalue weighted by molar-refractivity contribution is 0.0959. The van der Waals surface area contributed by atoms with E-state index in [1.165, 1.54) is 0 Å². The van der Waals surface area contributed by atoms with Crippen LogP contribution in [0.25, 0.3) is 11.2 Å². The van der Waals surface area contributed by atoms with E-state index in [2.05, 4.69) is 15.0 Å². The summed E-state index contributed by atoms with van der Waals surface area (Å²) in [6, 6.07) is 0. The van der Waals surface area contributed by atoms with E-state index in [-0.39, 0.29) is 30.3 Å². The molecule has 11 heteroatoms. The first-order valence-corrected chi connectivity index (χ1v) is 11.2.